The molecule has 1 aromatic heterocycles. The monoisotopic (exact) mass is 202 g/mol. The highest BCUT2D eigenvalue weighted by Crippen LogP contribution is 2.25. The van der Waals surface area contributed by atoms with Gasteiger partial charge in [0.2, 0.25) is 0 Å². The fourth-order valence-electron chi connectivity index (χ4n) is 1.52. The van der Waals surface area contributed by atoms with Crippen LogP contribution in [0.2, 0.25) is 0 Å². The Bertz CT molecular complexity index is 511. The number of nitrogen functional groups attached to an aromatic ring is 1. The van der Waals surface area contributed by atoms with Crippen molar-refractivity contribution < 1.29 is 4.42 Å². The highest BCUT2D eigenvalue weighted by molar-refractivity contribution is 5.98. The molecule has 78 valence electrons. The minimum atomic E-state index is 0.0872. The summed E-state index contributed by atoms with van der Waals surface area (Å²) in [5.41, 5.74) is 7.01. The van der Waals surface area contributed by atoms with Crippen molar-refractivity contribution in [2.24, 2.45) is 5.73 Å². The molecule has 0 aliphatic carbocycles. The van der Waals surface area contributed by atoms with Crippen LogP contribution in [0.1, 0.15) is 31.1 Å². The second-order valence-electron chi connectivity index (χ2n) is 3.97. The minimum absolute atomic E-state index is 0.0872. The summed E-state index contributed by atoms with van der Waals surface area (Å²) in [5, 5.41) is 8.36. The van der Waals surface area contributed by atoms with Crippen molar-refractivity contribution in [3.8, 4) is 0 Å². The highest BCUT2D eigenvalue weighted by Gasteiger charge is 2.08. The average molecular weight is 202 g/mol. The van der Waals surface area contributed by atoms with Gasteiger partial charge in [-0.15, -0.1) is 0 Å². The van der Waals surface area contributed by atoms with Crippen LogP contribution in [0.15, 0.2) is 28.7 Å². The molecule has 0 aliphatic rings. The van der Waals surface area contributed by atoms with Crippen LogP contribution in [-0.2, 0) is 0 Å². The van der Waals surface area contributed by atoms with E-state index in [-0.39, 0.29) is 5.84 Å². The first-order chi connectivity index (χ1) is 7.08. The van der Waals surface area contributed by atoms with Crippen LogP contribution >= 0.6 is 0 Å². The molecule has 0 fully saturated rings. The van der Waals surface area contributed by atoms with Crippen molar-refractivity contribution in [1.29, 1.82) is 5.41 Å². The minimum Gasteiger partial charge on any atom is -0.461 e. The standard InChI is InChI=1S/C12H14N2O/c1-7(2)11-6-9-5-8(12(13)14)3-4-10(9)15-11/h3-7H,1-2H3,(H3,13,14). The van der Waals surface area contributed by atoms with Crippen molar-refractivity contribution in [2.75, 3.05) is 0 Å². The molecule has 0 atom stereocenters. The number of hydrogen-bond donors (Lipinski definition) is 2. The summed E-state index contributed by atoms with van der Waals surface area (Å²) in [4.78, 5) is 0. The summed E-state index contributed by atoms with van der Waals surface area (Å²) in [5.74, 6) is 1.42. The first kappa shape index (κ1) is 9.77. The summed E-state index contributed by atoms with van der Waals surface area (Å²) >= 11 is 0. The molecule has 1 aromatic carbocycles. The maximum absolute atomic E-state index is 7.35. The molecule has 0 saturated carbocycles. The quantitative estimate of drug-likeness (QED) is 0.581. The summed E-state index contributed by atoms with van der Waals surface area (Å²) in [6, 6.07) is 7.55. The predicted octanol–water partition coefficient (Wildman–Crippen LogP) is 2.84. The van der Waals surface area contributed by atoms with Gasteiger partial charge in [-0.05, 0) is 24.3 Å². The molecule has 0 saturated heterocycles. The number of fused-ring (bicyclic) bond motifs is 1. The summed E-state index contributed by atoms with van der Waals surface area (Å²) in [6.07, 6.45) is 0. The Hall–Kier alpha value is -1.77. The molecule has 0 unspecified atom stereocenters. The molecular formula is C12H14N2O. The number of benzene rings is 1. The largest absolute Gasteiger partial charge is 0.461 e. The van der Waals surface area contributed by atoms with Gasteiger partial charge in [-0.1, -0.05) is 13.8 Å². The van der Waals surface area contributed by atoms with Crippen LogP contribution in [0.4, 0.5) is 0 Å². The first-order valence-corrected chi connectivity index (χ1v) is 4.96. The molecule has 0 radical (unpaired) electrons. The second-order valence-corrected chi connectivity index (χ2v) is 3.97. The van der Waals surface area contributed by atoms with Gasteiger partial charge in [0.1, 0.15) is 17.2 Å². The molecule has 3 heteroatoms. The predicted molar refractivity (Wildman–Crippen MR) is 61.3 cm³/mol. The third kappa shape index (κ3) is 1.73. The zero-order chi connectivity index (χ0) is 11.0. The van der Waals surface area contributed by atoms with E-state index in [1.54, 1.807) is 6.07 Å². The Labute approximate surface area is 88.4 Å². The van der Waals surface area contributed by atoms with Gasteiger partial charge in [0.15, 0.2) is 0 Å². The fraction of sp³-hybridized carbons (Fsp3) is 0.250. The molecule has 0 spiro atoms. The summed E-state index contributed by atoms with van der Waals surface area (Å²) in [7, 11) is 0. The molecule has 3 N–H and O–H groups in total. The molecule has 0 amide bonds. The van der Waals surface area contributed by atoms with Crippen LogP contribution in [0.5, 0.6) is 0 Å². The number of rotatable bonds is 2. The van der Waals surface area contributed by atoms with E-state index >= 15 is 0 Å². The first-order valence-electron chi connectivity index (χ1n) is 4.96. The smallest absolute Gasteiger partial charge is 0.134 e. The van der Waals surface area contributed by atoms with Crippen LogP contribution < -0.4 is 5.73 Å². The van der Waals surface area contributed by atoms with Crippen molar-refractivity contribution in [3.05, 3.63) is 35.6 Å². The van der Waals surface area contributed by atoms with Crippen molar-refractivity contribution in [3.63, 3.8) is 0 Å². The lowest BCUT2D eigenvalue weighted by molar-refractivity contribution is 0.522. The number of furan rings is 1. The number of hydrogen-bond acceptors (Lipinski definition) is 2. The van der Waals surface area contributed by atoms with E-state index in [4.69, 9.17) is 15.6 Å². The second kappa shape index (κ2) is 3.42. The van der Waals surface area contributed by atoms with E-state index in [9.17, 15) is 0 Å². The van der Waals surface area contributed by atoms with E-state index < -0.39 is 0 Å². The van der Waals surface area contributed by atoms with Crippen LogP contribution in [0.3, 0.4) is 0 Å². The fourth-order valence-corrected chi connectivity index (χ4v) is 1.52. The lowest BCUT2D eigenvalue weighted by Crippen LogP contribution is -2.10. The van der Waals surface area contributed by atoms with Gasteiger partial charge in [0, 0.05) is 16.9 Å². The molecule has 15 heavy (non-hydrogen) atoms. The number of amidine groups is 1. The third-order valence-corrected chi connectivity index (χ3v) is 2.42. The summed E-state index contributed by atoms with van der Waals surface area (Å²) in [6.45, 7) is 4.17. The Balaban J connectivity index is 2.57. The van der Waals surface area contributed by atoms with Crippen LogP contribution in [0.25, 0.3) is 11.0 Å². The van der Waals surface area contributed by atoms with Gasteiger partial charge in [0.05, 0.1) is 0 Å². The SMILES string of the molecule is CC(C)c1cc2cc(C(=N)N)ccc2o1. The zero-order valence-electron chi connectivity index (χ0n) is 8.87. The molecule has 3 nitrogen and oxygen atoms in total. The molecule has 0 bridgehead atoms. The van der Waals surface area contributed by atoms with Gasteiger partial charge >= 0.3 is 0 Å². The van der Waals surface area contributed by atoms with Gasteiger partial charge in [-0.2, -0.15) is 0 Å². The molecular weight excluding hydrogens is 188 g/mol. The third-order valence-electron chi connectivity index (χ3n) is 2.42. The molecule has 1 heterocycles. The molecule has 2 rings (SSSR count). The maximum atomic E-state index is 7.35. The van der Waals surface area contributed by atoms with Gasteiger partial charge < -0.3 is 10.2 Å². The number of nitrogens with one attached hydrogen (secondary N) is 1. The van der Waals surface area contributed by atoms with Crippen molar-refractivity contribution in [2.45, 2.75) is 19.8 Å². The average Bonchev–Trinajstić information content (AvgIpc) is 2.59. The van der Waals surface area contributed by atoms with Gasteiger partial charge in [-0.25, -0.2) is 0 Å². The Kier molecular flexibility index (Phi) is 2.23. The van der Waals surface area contributed by atoms with E-state index in [1.165, 1.54) is 0 Å². The normalized spacial score (nSPS) is 11.1. The zero-order valence-corrected chi connectivity index (χ0v) is 8.87. The van der Waals surface area contributed by atoms with Gasteiger partial charge in [0.25, 0.3) is 0 Å². The van der Waals surface area contributed by atoms with Crippen molar-refractivity contribution in [1.82, 2.24) is 0 Å². The van der Waals surface area contributed by atoms with E-state index in [1.807, 2.05) is 18.2 Å². The molecule has 0 aliphatic heterocycles. The summed E-state index contributed by atoms with van der Waals surface area (Å²) < 4.78 is 5.65. The lowest BCUT2D eigenvalue weighted by atomic mass is 10.1. The van der Waals surface area contributed by atoms with Crippen molar-refractivity contribution >= 4 is 16.8 Å². The van der Waals surface area contributed by atoms with E-state index in [0.29, 0.717) is 5.92 Å². The Morgan fingerprint density at radius 2 is 2.07 bits per heavy atom. The van der Waals surface area contributed by atoms with E-state index in [2.05, 4.69) is 13.8 Å². The van der Waals surface area contributed by atoms with E-state index in [0.717, 1.165) is 22.3 Å². The Morgan fingerprint density at radius 1 is 1.33 bits per heavy atom. The Morgan fingerprint density at radius 3 is 2.67 bits per heavy atom. The molecule has 2 aromatic rings. The lowest BCUT2D eigenvalue weighted by Gasteiger charge is -1.96. The topological polar surface area (TPSA) is 63.0 Å². The highest BCUT2D eigenvalue weighted by atomic mass is 16.3. The van der Waals surface area contributed by atoms with Crippen LogP contribution in [-0.4, -0.2) is 5.84 Å². The van der Waals surface area contributed by atoms with Crippen LogP contribution in [0, 0.1) is 5.41 Å². The maximum Gasteiger partial charge on any atom is 0.134 e. The number of nitrogens with two attached hydrogens (primary N) is 1. The van der Waals surface area contributed by atoms with Gasteiger partial charge in [-0.3, -0.25) is 5.41 Å².